The van der Waals surface area contributed by atoms with Crippen molar-refractivity contribution in [3.63, 3.8) is 0 Å². The molecule has 8 nitrogen and oxygen atoms in total. The smallest absolute Gasteiger partial charge is 0.261 e. The molecule has 0 radical (unpaired) electrons. The number of pyridine rings is 1. The van der Waals surface area contributed by atoms with Crippen LogP contribution in [-0.2, 0) is 16.0 Å². The average Bonchev–Trinajstić information content (AvgIpc) is 3.61. The van der Waals surface area contributed by atoms with Gasteiger partial charge in [-0.2, -0.15) is 0 Å². The molecule has 11 heteroatoms. The second-order valence-electron chi connectivity index (χ2n) is 10.1. The third-order valence-electron chi connectivity index (χ3n) is 7.71. The van der Waals surface area contributed by atoms with Gasteiger partial charge in [-0.1, -0.05) is 23.7 Å². The number of benzene rings is 1. The molecule has 0 spiro atoms. The average molecular weight is 568 g/mol. The predicted octanol–water partition coefficient (Wildman–Crippen LogP) is 4.85. The number of hydrogen-bond donors (Lipinski definition) is 0. The van der Waals surface area contributed by atoms with Gasteiger partial charge in [0.05, 0.1) is 24.6 Å². The number of rotatable bonds is 6. The van der Waals surface area contributed by atoms with Gasteiger partial charge in [-0.15, -0.1) is 11.3 Å². The van der Waals surface area contributed by atoms with Crippen molar-refractivity contribution < 1.29 is 18.7 Å². The first-order chi connectivity index (χ1) is 19.1. The van der Waals surface area contributed by atoms with Crippen LogP contribution < -0.4 is 9.64 Å². The highest BCUT2D eigenvalue weighted by Crippen LogP contribution is 2.43. The predicted molar refractivity (Wildman–Crippen MR) is 146 cm³/mol. The molecule has 1 atom stereocenters. The standard InChI is InChI=1S/C28H27ClFN5O3S/c29-27-22(5-6-23(32-27)33-9-12-37-13-10-33)38-16-24(36)34-8-7-21-26(35-11-14-39-28(35)31-21)25(34)19-4-3-18(15-20(19)30)17-1-2-17/h3-6,11,14-15,17,25H,1-2,7-10,12-13,16H2. The molecule has 1 aromatic carbocycles. The molecular formula is C28H27ClFN5O3S. The monoisotopic (exact) mass is 567 g/mol. The summed E-state index contributed by atoms with van der Waals surface area (Å²) in [4.78, 5) is 27.5. The quantitative estimate of drug-likeness (QED) is 0.310. The molecule has 0 bridgehead atoms. The van der Waals surface area contributed by atoms with E-state index in [-0.39, 0.29) is 23.5 Å². The molecule has 1 saturated heterocycles. The molecule has 1 saturated carbocycles. The van der Waals surface area contributed by atoms with Crippen molar-refractivity contribution in [2.75, 3.05) is 44.4 Å². The van der Waals surface area contributed by atoms with Crippen molar-refractivity contribution in [3.05, 3.63) is 75.4 Å². The van der Waals surface area contributed by atoms with Crippen molar-refractivity contribution in [2.24, 2.45) is 0 Å². The Morgan fingerprint density at radius 2 is 2.00 bits per heavy atom. The third-order valence-corrected chi connectivity index (χ3v) is 8.74. The van der Waals surface area contributed by atoms with Crippen LogP contribution in [0.15, 0.2) is 41.9 Å². The van der Waals surface area contributed by atoms with Gasteiger partial charge in [0, 0.05) is 43.2 Å². The third kappa shape index (κ3) is 4.64. The molecule has 2 fully saturated rings. The number of carbonyl (C=O) groups is 1. The molecule has 39 heavy (non-hydrogen) atoms. The first-order valence-corrected chi connectivity index (χ1v) is 14.5. The lowest BCUT2D eigenvalue weighted by Gasteiger charge is -2.36. The van der Waals surface area contributed by atoms with E-state index in [0.29, 0.717) is 43.4 Å². The number of thiazole rings is 1. The maximum absolute atomic E-state index is 15.6. The fourth-order valence-electron chi connectivity index (χ4n) is 5.55. The van der Waals surface area contributed by atoms with Gasteiger partial charge in [-0.25, -0.2) is 14.4 Å². The molecular weight excluding hydrogens is 541 g/mol. The van der Waals surface area contributed by atoms with E-state index in [0.717, 1.165) is 53.7 Å². The van der Waals surface area contributed by atoms with Crippen molar-refractivity contribution in [1.29, 1.82) is 0 Å². The summed E-state index contributed by atoms with van der Waals surface area (Å²) >= 11 is 7.96. The van der Waals surface area contributed by atoms with E-state index in [2.05, 4.69) is 9.88 Å². The van der Waals surface area contributed by atoms with Crippen LogP contribution in [0.3, 0.4) is 0 Å². The van der Waals surface area contributed by atoms with E-state index >= 15 is 4.39 Å². The summed E-state index contributed by atoms with van der Waals surface area (Å²) in [7, 11) is 0. The van der Waals surface area contributed by atoms with E-state index in [4.69, 9.17) is 26.1 Å². The van der Waals surface area contributed by atoms with E-state index in [1.54, 1.807) is 17.0 Å². The Hall–Kier alpha value is -3.21. The van der Waals surface area contributed by atoms with Crippen LogP contribution >= 0.6 is 22.9 Å². The molecule has 1 unspecified atom stereocenters. The largest absolute Gasteiger partial charge is 0.481 e. The van der Waals surface area contributed by atoms with E-state index < -0.39 is 6.04 Å². The van der Waals surface area contributed by atoms with Gasteiger partial charge in [0.25, 0.3) is 5.91 Å². The van der Waals surface area contributed by atoms with Crippen LogP contribution in [0.25, 0.3) is 4.96 Å². The summed E-state index contributed by atoms with van der Waals surface area (Å²) in [5.41, 5.74) is 3.22. The number of anilines is 1. The molecule has 0 N–H and O–H groups in total. The number of imidazole rings is 1. The Bertz CT molecular complexity index is 1550. The fraction of sp³-hybridized carbons (Fsp3) is 0.393. The normalized spacial score (nSPS) is 19.4. The van der Waals surface area contributed by atoms with Gasteiger partial charge in [-0.3, -0.25) is 9.20 Å². The van der Waals surface area contributed by atoms with Crippen LogP contribution in [0.4, 0.5) is 10.2 Å². The summed E-state index contributed by atoms with van der Waals surface area (Å²) in [6.07, 6.45) is 4.71. The van der Waals surface area contributed by atoms with Crippen LogP contribution in [-0.4, -0.2) is 64.6 Å². The van der Waals surface area contributed by atoms with Crippen LogP contribution in [0.5, 0.6) is 5.75 Å². The molecule has 1 aliphatic carbocycles. The summed E-state index contributed by atoms with van der Waals surface area (Å²) < 4.78 is 28.9. The summed E-state index contributed by atoms with van der Waals surface area (Å²) in [6.45, 7) is 2.94. The van der Waals surface area contributed by atoms with Crippen molar-refractivity contribution in [1.82, 2.24) is 19.3 Å². The summed E-state index contributed by atoms with van der Waals surface area (Å²) in [5, 5.41) is 2.15. The molecule has 4 aromatic rings. The molecule has 2 aliphatic heterocycles. The maximum Gasteiger partial charge on any atom is 0.261 e. The zero-order valence-electron chi connectivity index (χ0n) is 21.2. The Morgan fingerprint density at radius 1 is 1.15 bits per heavy atom. The molecule has 3 aliphatic rings. The minimum Gasteiger partial charge on any atom is -0.481 e. The number of halogens is 2. The Morgan fingerprint density at radius 3 is 2.77 bits per heavy atom. The first-order valence-electron chi connectivity index (χ1n) is 13.2. The number of nitrogens with zero attached hydrogens (tertiary/aromatic N) is 5. The van der Waals surface area contributed by atoms with Crippen molar-refractivity contribution >= 4 is 39.6 Å². The zero-order valence-corrected chi connectivity index (χ0v) is 22.8. The topological polar surface area (TPSA) is 72.2 Å². The molecule has 202 valence electrons. The molecule has 3 aromatic heterocycles. The van der Waals surface area contributed by atoms with Gasteiger partial charge in [0.15, 0.2) is 22.5 Å². The summed E-state index contributed by atoms with van der Waals surface area (Å²) in [6, 6.07) is 8.43. The minimum atomic E-state index is -0.611. The van der Waals surface area contributed by atoms with Crippen molar-refractivity contribution in [3.8, 4) is 5.75 Å². The number of morpholine rings is 1. The second kappa shape index (κ2) is 10.1. The highest BCUT2D eigenvalue weighted by molar-refractivity contribution is 7.15. The van der Waals surface area contributed by atoms with E-state index in [9.17, 15) is 4.79 Å². The van der Waals surface area contributed by atoms with Gasteiger partial charge in [0.1, 0.15) is 17.7 Å². The van der Waals surface area contributed by atoms with E-state index in [1.807, 2.05) is 34.2 Å². The van der Waals surface area contributed by atoms with E-state index in [1.165, 1.54) is 11.3 Å². The SMILES string of the molecule is O=C(COc1ccc(N2CCOCC2)nc1Cl)N1CCc2nc3sccn3c2C1c1ccc(C2CC2)cc1F. The minimum absolute atomic E-state index is 0.196. The number of carbonyl (C=O) groups excluding carboxylic acids is 1. The van der Waals surface area contributed by atoms with Gasteiger partial charge < -0.3 is 19.3 Å². The lowest BCUT2D eigenvalue weighted by atomic mass is 9.93. The van der Waals surface area contributed by atoms with Crippen LogP contribution in [0.2, 0.25) is 5.15 Å². The molecule has 7 rings (SSSR count). The van der Waals surface area contributed by atoms with Gasteiger partial charge in [0.2, 0.25) is 0 Å². The summed E-state index contributed by atoms with van der Waals surface area (Å²) in [5.74, 6) is 0.965. The van der Waals surface area contributed by atoms with Crippen LogP contribution in [0, 0.1) is 5.82 Å². The Balaban J connectivity index is 1.16. The van der Waals surface area contributed by atoms with Gasteiger partial charge >= 0.3 is 0 Å². The fourth-order valence-corrected chi connectivity index (χ4v) is 6.50. The van der Waals surface area contributed by atoms with Crippen LogP contribution in [0.1, 0.15) is 47.3 Å². The number of aromatic nitrogens is 3. The highest BCUT2D eigenvalue weighted by Gasteiger charge is 2.38. The lowest BCUT2D eigenvalue weighted by Crippen LogP contribution is -2.43. The second-order valence-corrected chi connectivity index (χ2v) is 11.4. The maximum atomic E-state index is 15.6. The Kier molecular flexibility index (Phi) is 6.41. The molecule has 1 amide bonds. The van der Waals surface area contributed by atoms with Gasteiger partial charge in [-0.05, 0) is 42.5 Å². The number of fused-ring (bicyclic) bond motifs is 3. The highest BCUT2D eigenvalue weighted by atomic mass is 35.5. The lowest BCUT2D eigenvalue weighted by molar-refractivity contribution is -0.135. The number of ether oxygens (including phenoxy) is 2. The Labute approximate surface area is 233 Å². The first kappa shape index (κ1) is 24.8. The number of hydrogen-bond acceptors (Lipinski definition) is 7. The zero-order chi connectivity index (χ0) is 26.5. The molecule has 5 heterocycles. The number of amides is 1. The van der Waals surface area contributed by atoms with Crippen molar-refractivity contribution in [2.45, 2.75) is 31.2 Å².